The standard InChI is InChI=1S/C4H8NO.W/c1-3-5-4(2)6;/h2-3H2,1H3,(H,5,6);/q-1;. The summed E-state index contributed by atoms with van der Waals surface area (Å²) in [7, 11) is 0. The molecular formula is C4H8NOW-. The summed E-state index contributed by atoms with van der Waals surface area (Å²) in [5.74, 6) is -0.211. The van der Waals surface area contributed by atoms with Gasteiger partial charge in [-0.3, -0.25) is 0 Å². The fourth-order valence-corrected chi connectivity index (χ4v) is 0.197. The smallest absolute Gasteiger partial charge is 0.0796 e. The van der Waals surface area contributed by atoms with Crippen molar-refractivity contribution in [3.05, 3.63) is 6.92 Å². The van der Waals surface area contributed by atoms with Gasteiger partial charge in [0.05, 0.1) is 5.91 Å². The van der Waals surface area contributed by atoms with Crippen molar-refractivity contribution in [2.75, 3.05) is 6.54 Å². The molecule has 0 aliphatic carbocycles. The molecule has 0 aromatic rings. The SMILES string of the molecule is [CH2-]C(=O)NCC.[W]. The molecule has 0 spiro atoms. The largest absolute Gasteiger partial charge is 0.381 e. The first kappa shape index (κ1) is 10.1. The van der Waals surface area contributed by atoms with Gasteiger partial charge in [0.2, 0.25) is 0 Å². The first-order valence-corrected chi connectivity index (χ1v) is 1.87. The topological polar surface area (TPSA) is 29.1 Å². The van der Waals surface area contributed by atoms with Gasteiger partial charge >= 0.3 is 0 Å². The number of amides is 1. The molecule has 3 heteroatoms. The fourth-order valence-electron chi connectivity index (χ4n) is 0.197. The van der Waals surface area contributed by atoms with E-state index in [0.29, 0.717) is 6.54 Å². The third kappa shape index (κ3) is 10.7. The van der Waals surface area contributed by atoms with Crippen molar-refractivity contribution in [3.63, 3.8) is 0 Å². The van der Waals surface area contributed by atoms with Crippen LogP contribution in [0.25, 0.3) is 0 Å². The van der Waals surface area contributed by atoms with Gasteiger partial charge in [-0.1, -0.05) is 0 Å². The van der Waals surface area contributed by atoms with Gasteiger partial charge in [0.1, 0.15) is 0 Å². The second kappa shape index (κ2) is 6.03. The zero-order valence-corrected chi connectivity index (χ0v) is 7.16. The Labute approximate surface area is 57.9 Å². The average Bonchev–Trinajstić information content (AvgIpc) is 1.35. The van der Waals surface area contributed by atoms with E-state index in [2.05, 4.69) is 12.2 Å². The summed E-state index contributed by atoms with van der Waals surface area (Å²) < 4.78 is 0. The fraction of sp³-hybridized carbons (Fsp3) is 0.500. The molecule has 0 aromatic carbocycles. The third-order valence-corrected chi connectivity index (χ3v) is 0.374. The minimum atomic E-state index is -0.211. The van der Waals surface area contributed by atoms with E-state index >= 15 is 0 Å². The molecule has 0 bridgehead atoms. The minimum absolute atomic E-state index is 0. The molecule has 0 aromatic heterocycles. The second-order valence-corrected chi connectivity index (χ2v) is 0.954. The van der Waals surface area contributed by atoms with Crippen LogP contribution in [0.5, 0.6) is 0 Å². The summed E-state index contributed by atoms with van der Waals surface area (Å²) in [5, 5.41) is 2.46. The van der Waals surface area contributed by atoms with Gasteiger partial charge in [0, 0.05) is 27.6 Å². The van der Waals surface area contributed by atoms with Crippen molar-refractivity contribution >= 4 is 5.91 Å². The number of nitrogens with one attached hydrogen (secondary N) is 1. The first-order chi connectivity index (χ1) is 2.77. The molecular weight excluding hydrogens is 262 g/mol. The van der Waals surface area contributed by atoms with Gasteiger partial charge < -0.3 is 17.0 Å². The van der Waals surface area contributed by atoms with Crippen LogP contribution >= 0.6 is 0 Å². The number of rotatable bonds is 1. The maximum atomic E-state index is 9.82. The summed E-state index contributed by atoms with van der Waals surface area (Å²) in [6, 6.07) is 0. The van der Waals surface area contributed by atoms with E-state index in [9.17, 15) is 4.79 Å². The molecule has 0 atom stereocenters. The van der Waals surface area contributed by atoms with Crippen molar-refractivity contribution < 1.29 is 25.9 Å². The van der Waals surface area contributed by atoms with Crippen molar-refractivity contribution in [1.29, 1.82) is 0 Å². The quantitative estimate of drug-likeness (QED) is 0.665. The monoisotopic (exact) mass is 270 g/mol. The summed E-state index contributed by atoms with van der Waals surface area (Å²) >= 11 is 0. The number of carbonyl (C=O) groups is 1. The maximum absolute atomic E-state index is 9.82. The zero-order chi connectivity index (χ0) is 4.99. The van der Waals surface area contributed by atoms with Crippen LogP contribution in [0.15, 0.2) is 0 Å². The number of hydrogen-bond acceptors (Lipinski definition) is 1. The van der Waals surface area contributed by atoms with Crippen LogP contribution in [0, 0.1) is 6.92 Å². The van der Waals surface area contributed by atoms with Crippen molar-refractivity contribution in [2.24, 2.45) is 0 Å². The predicted octanol–water partition coefficient (Wildman–Crippen LogP) is -0.0459. The Balaban J connectivity index is 0. The number of carbonyl (C=O) groups excluding carboxylic acids is 1. The molecule has 0 saturated carbocycles. The molecule has 42 valence electrons. The summed E-state index contributed by atoms with van der Waals surface area (Å²) in [5.41, 5.74) is 0. The normalized spacial score (nSPS) is 6.43. The molecule has 0 aliphatic heterocycles. The van der Waals surface area contributed by atoms with E-state index < -0.39 is 0 Å². The molecule has 2 nitrogen and oxygen atoms in total. The molecule has 0 fully saturated rings. The molecule has 0 rings (SSSR count). The van der Waals surface area contributed by atoms with Crippen LogP contribution < -0.4 is 5.32 Å². The van der Waals surface area contributed by atoms with Crippen LogP contribution in [0.3, 0.4) is 0 Å². The zero-order valence-electron chi connectivity index (χ0n) is 4.23. The van der Waals surface area contributed by atoms with Crippen LogP contribution in [-0.2, 0) is 25.9 Å². The maximum Gasteiger partial charge on any atom is 0.0796 e. The Bertz CT molecular complexity index is 55.7. The number of hydrogen-bond donors (Lipinski definition) is 1. The van der Waals surface area contributed by atoms with Crippen LogP contribution in [-0.4, -0.2) is 12.5 Å². The Morgan fingerprint density at radius 2 is 2.29 bits per heavy atom. The molecule has 0 radical (unpaired) electrons. The predicted molar refractivity (Wildman–Crippen MR) is 24.0 cm³/mol. The van der Waals surface area contributed by atoms with E-state index in [0.717, 1.165) is 0 Å². The molecule has 7 heavy (non-hydrogen) atoms. The summed E-state index contributed by atoms with van der Waals surface area (Å²) in [4.78, 5) is 9.82. The molecule has 1 N–H and O–H groups in total. The van der Waals surface area contributed by atoms with E-state index in [-0.39, 0.29) is 27.0 Å². The van der Waals surface area contributed by atoms with Gasteiger partial charge in [-0.05, 0) is 6.92 Å². The Hall–Kier alpha value is 0.0283. The van der Waals surface area contributed by atoms with Crippen LogP contribution in [0.2, 0.25) is 0 Å². The molecule has 0 saturated heterocycles. The average molecular weight is 270 g/mol. The first-order valence-electron chi connectivity index (χ1n) is 1.87. The van der Waals surface area contributed by atoms with E-state index in [1.165, 1.54) is 0 Å². The Morgan fingerprint density at radius 3 is 2.29 bits per heavy atom. The van der Waals surface area contributed by atoms with Crippen molar-refractivity contribution in [3.8, 4) is 0 Å². The second-order valence-electron chi connectivity index (χ2n) is 0.954. The van der Waals surface area contributed by atoms with Crippen molar-refractivity contribution in [1.82, 2.24) is 5.32 Å². The molecule has 0 heterocycles. The van der Waals surface area contributed by atoms with Gasteiger partial charge in [-0.25, -0.2) is 0 Å². The molecule has 1 amide bonds. The van der Waals surface area contributed by atoms with Gasteiger partial charge in [-0.2, -0.15) is 0 Å². The summed E-state index contributed by atoms with van der Waals surface area (Å²) in [6.45, 7) is 5.60. The van der Waals surface area contributed by atoms with Gasteiger partial charge in [0.15, 0.2) is 0 Å². The Kier molecular flexibility index (Phi) is 8.70. The summed E-state index contributed by atoms with van der Waals surface area (Å²) in [6.07, 6.45) is 0. The van der Waals surface area contributed by atoms with Gasteiger partial charge in [-0.15, -0.1) is 0 Å². The van der Waals surface area contributed by atoms with Gasteiger partial charge in [0.25, 0.3) is 0 Å². The van der Waals surface area contributed by atoms with E-state index in [1.807, 2.05) is 6.92 Å². The van der Waals surface area contributed by atoms with Crippen LogP contribution in [0.1, 0.15) is 6.92 Å². The van der Waals surface area contributed by atoms with E-state index in [4.69, 9.17) is 0 Å². The Morgan fingerprint density at radius 1 is 1.86 bits per heavy atom. The van der Waals surface area contributed by atoms with Crippen LogP contribution in [0.4, 0.5) is 0 Å². The molecule has 0 aliphatic rings. The third-order valence-electron chi connectivity index (χ3n) is 0.374. The minimum Gasteiger partial charge on any atom is -0.381 e. The van der Waals surface area contributed by atoms with E-state index in [1.54, 1.807) is 0 Å². The van der Waals surface area contributed by atoms with Crippen molar-refractivity contribution in [2.45, 2.75) is 6.92 Å². The molecule has 0 unspecified atom stereocenters.